The Balaban J connectivity index is 0.000000214. The summed E-state index contributed by atoms with van der Waals surface area (Å²) in [6.45, 7) is 4.70. The monoisotopic (exact) mass is 502 g/mol. The summed E-state index contributed by atoms with van der Waals surface area (Å²) in [4.78, 5) is 39.3. The molecule has 2 aromatic heterocycles. The first kappa shape index (κ1) is 25.3. The number of carbonyl (C=O) groups is 1. The van der Waals surface area contributed by atoms with Crippen LogP contribution in [0.5, 0.6) is 0 Å². The van der Waals surface area contributed by atoms with Crippen molar-refractivity contribution in [1.29, 1.82) is 0 Å². The van der Waals surface area contributed by atoms with Crippen LogP contribution >= 0.6 is 0 Å². The number of aliphatic hydroxyl groups is 1. The molecule has 192 valence electrons. The zero-order valence-electron chi connectivity index (χ0n) is 19.7. The molecule has 13 heteroatoms. The fourth-order valence-electron chi connectivity index (χ4n) is 4.29. The van der Waals surface area contributed by atoms with Gasteiger partial charge in [0.05, 0.1) is 17.8 Å². The van der Waals surface area contributed by atoms with Crippen molar-refractivity contribution in [3.8, 4) is 0 Å². The number of rotatable bonds is 6. The van der Waals surface area contributed by atoms with E-state index < -0.39 is 22.1 Å². The maximum absolute atomic E-state index is 14.6. The van der Waals surface area contributed by atoms with Crippen LogP contribution in [0.25, 0.3) is 10.9 Å². The van der Waals surface area contributed by atoms with Crippen molar-refractivity contribution >= 4 is 28.4 Å². The fourth-order valence-corrected chi connectivity index (χ4v) is 4.29. The van der Waals surface area contributed by atoms with Gasteiger partial charge in [0.2, 0.25) is 5.43 Å². The van der Waals surface area contributed by atoms with E-state index in [-0.39, 0.29) is 36.0 Å². The molecule has 0 atom stereocenters. The van der Waals surface area contributed by atoms with E-state index in [1.165, 1.54) is 23.0 Å². The van der Waals surface area contributed by atoms with Crippen molar-refractivity contribution < 1.29 is 24.3 Å². The summed E-state index contributed by atoms with van der Waals surface area (Å²) in [6.07, 6.45) is 4.48. The number of halogens is 1. The second kappa shape index (κ2) is 10.4. The zero-order chi connectivity index (χ0) is 26.0. The first-order chi connectivity index (χ1) is 17.2. The minimum absolute atomic E-state index is 0.0819. The number of carboxylic acids is 1. The number of fused-ring (bicyclic) bond motifs is 1. The average molecular weight is 503 g/mol. The number of nitro groups is 1. The molecule has 3 N–H and O–H groups in total. The second-order valence-corrected chi connectivity index (χ2v) is 8.67. The molecule has 0 amide bonds. The van der Waals surface area contributed by atoms with Crippen LogP contribution in [0.3, 0.4) is 0 Å². The normalized spacial score (nSPS) is 15.5. The van der Waals surface area contributed by atoms with Gasteiger partial charge in [-0.2, -0.15) is 0 Å². The number of aliphatic hydroxyl groups excluding tert-OH is 1. The van der Waals surface area contributed by atoms with E-state index in [2.05, 4.69) is 10.3 Å². The Morgan fingerprint density at radius 2 is 2.00 bits per heavy atom. The van der Waals surface area contributed by atoms with Gasteiger partial charge < -0.3 is 35.1 Å². The highest BCUT2D eigenvalue weighted by molar-refractivity contribution is 5.93. The number of benzene rings is 1. The van der Waals surface area contributed by atoms with Gasteiger partial charge in [-0.3, -0.25) is 4.79 Å². The lowest BCUT2D eigenvalue weighted by molar-refractivity contribution is -0.392. The van der Waals surface area contributed by atoms with Crippen LogP contribution in [-0.4, -0.2) is 68.0 Å². The summed E-state index contributed by atoms with van der Waals surface area (Å²) in [5.41, 5.74) is 0.159. The molecule has 0 bridgehead atoms. The standard InChI is InChI=1S/C17H18FN3O3.C6H9N3O3/c18-13-7-11-14(8-15(13)20-5-3-19-4-6-20)21(10-1-2-10)9-12(16(11)22)17(23)24;1-5-7-4-6(9(11)12)8(5)2-3-10/h7-10,19H,1-6H2,(H,23,24);4,10H,2-3H2,1H3. The maximum atomic E-state index is 14.6. The Morgan fingerprint density at radius 3 is 2.58 bits per heavy atom. The van der Waals surface area contributed by atoms with Gasteiger partial charge in [-0.25, -0.2) is 18.7 Å². The van der Waals surface area contributed by atoms with E-state index in [1.807, 2.05) is 9.47 Å². The maximum Gasteiger partial charge on any atom is 0.342 e. The molecule has 3 heterocycles. The molecule has 0 unspecified atom stereocenters. The number of nitrogens with zero attached hydrogens (tertiary/aromatic N) is 5. The van der Waals surface area contributed by atoms with E-state index in [0.717, 1.165) is 25.9 Å². The Hall–Kier alpha value is -3.84. The molecule has 1 aromatic carbocycles. The lowest BCUT2D eigenvalue weighted by atomic mass is 10.1. The van der Waals surface area contributed by atoms with E-state index >= 15 is 0 Å². The number of hydrogen-bond donors (Lipinski definition) is 3. The molecule has 3 aromatic rings. The third-order valence-electron chi connectivity index (χ3n) is 6.27. The van der Waals surface area contributed by atoms with Crippen LogP contribution in [-0.2, 0) is 6.54 Å². The number of aromatic nitrogens is 3. The van der Waals surface area contributed by atoms with Crippen LogP contribution < -0.4 is 15.6 Å². The Bertz CT molecular complexity index is 1360. The lowest BCUT2D eigenvalue weighted by Gasteiger charge is -2.30. The molecule has 36 heavy (non-hydrogen) atoms. The van der Waals surface area contributed by atoms with Crippen molar-refractivity contribution in [3.63, 3.8) is 0 Å². The van der Waals surface area contributed by atoms with Crippen molar-refractivity contribution in [1.82, 2.24) is 19.4 Å². The third kappa shape index (κ3) is 5.06. The molecule has 2 fully saturated rings. The zero-order valence-corrected chi connectivity index (χ0v) is 19.7. The number of hydrogen-bond acceptors (Lipinski definition) is 8. The predicted octanol–water partition coefficient (Wildman–Crippen LogP) is 1.68. The molecule has 2 aliphatic rings. The number of imidazole rings is 1. The van der Waals surface area contributed by atoms with Crippen molar-refractivity contribution in [2.24, 2.45) is 0 Å². The second-order valence-electron chi connectivity index (χ2n) is 8.67. The molecule has 1 aliphatic carbocycles. The van der Waals surface area contributed by atoms with Gasteiger partial charge in [0.1, 0.15) is 24.1 Å². The average Bonchev–Trinajstić information content (AvgIpc) is 3.63. The summed E-state index contributed by atoms with van der Waals surface area (Å²) < 4.78 is 17.8. The first-order valence-electron chi connectivity index (χ1n) is 11.6. The summed E-state index contributed by atoms with van der Waals surface area (Å²) in [5.74, 6) is -1.30. The van der Waals surface area contributed by atoms with Gasteiger partial charge in [-0.05, 0) is 29.9 Å². The third-order valence-corrected chi connectivity index (χ3v) is 6.27. The van der Waals surface area contributed by atoms with Crippen LogP contribution in [0, 0.1) is 22.9 Å². The highest BCUT2D eigenvalue weighted by Gasteiger charge is 2.28. The van der Waals surface area contributed by atoms with Gasteiger partial charge in [-0.15, -0.1) is 0 Å². The van der Waals surface area contributed by atoms with Crippen molar-refractivity contribution in [2.45, 2.75) is 32.4 Å². The molecule has 0 spiro atoms. The fraction of sp³-hybridized carbons (Fsp3) is 0.435. The molecular formula is C23H27FN6O6. The number of aryl methyl sites for hydroxylation is 1. The van der Waals surface area contributed by atoms with Gasteiger partial charge in [0.25, 0.3) is 0 Å². The molecule has 5 rings (SSSR count). The lowest BCUT2D eigenvalue weighted by Crippen LogP contribution is -2.43. The first-order valence-corrected chi connectivity index (χ1v) is 11.6. The van der Waals surface area contributed by atoms with Gasteiger partial charge >= 0.3 is 11.8 Å². The van der Waals surface area contributed by atoms with Crippen LogP contribution in [0.4, 0.5) is 15.9 Å². The number of anilines is 1. The van der Waals surface area contributed by atoms with E-state index in [4.69, 9.17) is 5.11 Å². The topological polar surface area (TPSA) is 156 Å². The SMILES string of the molecule is Cc1ncc([N+](=O)[O-])n1CCO.O=C(O)c1cn(C2CC2)c2cc(N3CCNCC3)c(F)cc2c1=O. The number of aromatic carboxylic acids is 1. The number of carboxylic acid groups (broad SMARTS) is 1. The van der Waals surface area contributed by atoms with E-state index in [1.54, 1.807) is 13.0 Å². The molecular weight excluding hydrogens is 475 g/mol. The van der Waals surface area contributed by atoms with E-state index in [9.17, 15) is 29.2 Å². The largest absolute Gasteiger partial charge is 0.477 e. The Labute approximate surface area is 204 Å². The highest BCUT2D eigenvalue weighted by atomic mass is 19.1. The van der Waals surface area contributed by atoms with Crippen molar-refractivity contribution in [3.05, 3.63) is 62.1 Å². The number of nitrogens with one attached hydrogen (secondary N) is 1. The van der Waals surface area contributed by atoms with Gasteiger partial charge in [0, 0.05) is 50.7 Å². The quantitative estimate of drug-likeness (QED) is 0.337. The van der Waals surface area contributed by atoms with E-state index in [0.29, 0.717) is 30.1 Å². The van der Waals surface area contributed by atoms with Gasteiger partial charge in [0.15, 0.2) is 5.82 Å². The summed E-state index contributed by atoms with van der Waals surface area (Å²) in [6, 6.07) is 3.08. The Morgan fingerprint density at radius 1 is 1.31 bits per heavy atom. The minimum atomic E-state index is -1.28. The minimum Gasteiger partial charge on any atom is -0.477 e. The Kier molecular flexibility index (Phi) is 7.31. The number of piperazine rings is 1. The van der Waals surface area contributed by atoms with Gasteiger partial charge in [-0.1, -0.05) is 0 Å². The predicted molar refractivity (Wildman–Crippen MR) is 129 cm³/mol. The van der Waals surface area contributed by atoms with Crippen molar-refractivity contribution in [2.75, 3.05) is 37.7 Å². The molecule has 12 nitrogen and oxygen atoms in total. The molecule has 1 saturated heterocycles. The van der Waals surface area contributed by atoms with Crippen LogP contribution in [0.1, 0.15) is 35.1 Å². The molecule has 0 radical (unpaired) electrons. The summed E-state index contributed by atoms with van der Waals surface area (Å²) >= 11 is 0. The number of pyridine rings is 1. The smallest absolute Gasteiger partial charge is 0.342 e. The van der Waals surface area contributed by atoms with Crippen LogP contribution in [0.15, 0.2) is 29.3 Å². The molecule has 1 aliphatic heterocycles. The summed E-state index contributed by atoms with van der Waals surface area (Å²) in [7, 11) is 0. The summed E-state index contributed by atoms with van der Waals surface area (Å²) in [5, 5.41) is 31.6. The molecule has 1 saturated carbocycles. The highest BCUT2D eigenvalue weighted by Crippen LogP contribution is 2.38. The van der Waals surface area contributed by atoms with Crippen LogP contribution in [0.2, 0.25) is 0 Å².